The van der Waals surface area contributed by atoms with Gasteiger partial charge in [0, 0.05) is 30.3 Å². The van der Waals surface area contributed by atoms with Gasteiger partial charge in [-0.15, -0.1) is 0 Å². The molecule has 5 heteroatoms. The van der Waals surface area contributed by atoms with Crippen LogP contribution in [0.4, 0.5) is 5.69 Å². The van der Waals surface area contributed by atoms with Crippen LogP contribution in [0, 0.1) is 0 Å². The molecule has 0 radical (unpaired) electrons. The van der Waals surface area contributed by atoms with Gasteiger partial charge in [-0.05, 0) is 43.2 Å². The molecule has 1 aliphatic heterocycles. The Labute approximate surface area is 147 Å². The van der Waals surface area contributed by atoms with Gasteiger partial charge in [0.05, 0.1) is 13.2 Å². The third kappa shape index (κ3) is 3.36. The molecule has 2 amide bonds. The van der Waals surface area contributed by atoms with Crippen molar-refractivity contribution < 1.29 is 14.3 Å². The summed E-state index contributed by atoms with van der Waals surface area (Å²) in [6.07, 6.45) is 0.776. The topological polar surface area (TPSA) is 58.6 Å². The lowest BCUT2D eigenvalue weighted by atomic mass is 10.0. The standard InChI is InChI=1S/C20H22N2O3/c1-13(17-6-4-5-7-19(17)25-3)21-20(24)16-8-9-18-15(12-16)10-11-22(18)14(2)23/h4-9,12-13H,10-11H2,1-3H3,(H,21,24). The highest BCUT2D eigenvalue weighted by molar-refractivity contribution is 5.98. The van der Waals surface area contributed by atoms with E-state index in [1.807, 2.05) is 43.3 Å². The zero-order valence-corrected chi connectivity index (χ0v) is 14.7. The fourth-order valence-electron chi connectivity index (χ4n) is 3.25. The first-order chi connectivity index (χ1) is 12.0. The fraction of sp³-hybridized carbons (Fsp3) is 0.300. The van der Waals surface area contributed by atoms with E-state index in [0.29, 0.717) is 12.1 Å². The van der Waals surface area contributed by atoms with Gasteiger partial charge in [0.25, 0.3) is 5.91 Å². The first kappa shape index (κ1) is 17.0. The van der Waals surface area contributed by atoms with E-state index in [-0.39, 0.29) is 17.9 Å². The maximum atomic E-state index is 12.6. The quantitative estimate of drug-likeness (QED) is 0.932. The fourth-order valence-corrected chi connectivity index (χ4v) is 3.25. The summed E-state index contributed by atoms with van der Waals surface area (Å²) < 4.78 is 5.36. The lowest BCUT2D eigenvalue weighted by Gasteiger charge is -2.18. The van der Waals surface area contributed by atoms with Crippen LogP contribution >= 0.6 is 0 Å². The molecule has 0 saturated heterocycles. The minimum absolute atomic E-state index is 0.0285. The van der Waals surface area contributed by atoms with E-state index >= 15 is 0 Å². The first-order valence-corrected chi connectivity index (χ1v) is 8.36. The largest absolute Gasteiger partial charge is 0.496 e. The SMILES string of the molecule is COc1ccccc1C(C)NC(=O)c1ccc2c(c1)CCN2C(C)=O. The number of hydrogen-bond donors (Lipinski definition) is 1. The van der Waals surface area contributed by atoms with E-state index in [0.717, 1.165) is 29.0 Å². The van der Waals surface area contributed by atoms with Crippen LogP contribution in [0.25, 0.3) is 0 Å². The van der Waals surface area contributed by atoms with E-state index in [9.17, 15) is 9.59 Å². The molecule has 3 rings (SSSR count). The van der Waals surface area contributed by atoms with Gasteiger partial charge in [0.2, 0.25) is 5.91 Å². The Hall–Kier alpha value is -2.82. The highest BCUT2D eigenvalue weighted by Crippen LogP contribution is 2.29. The van der Waals surface area contributed by atoms with Gasteiger partial charge in [-0.1, -0.05) is 18.2 Å². The third-order valence-electron chi connectivity index (χ3n) is 4.57. The lowest BCUT2D eigenvalue weighted by Crippen LogP contribution is -2.27. The average molecular weight is 338 g/mol. The molecule has 25 heavy (non-hydrogen) atoms. The molecule has 0 aliphatic carbocycles. The van der Waals surface area contributed by atoms with Crippen molar-refractivity contribution in [3.8, 4) is 5.75 Å². The Morgan fingerprint density at radius 3 is 2.68 bits per heavy atom. The van der Waals surface area contributed by atoms with Crippen LogP contribution < -0.4 is 15.0 Å². The van der Waals surface area contributed by atoms with Crippen LogP contribution in [0.15, 0.2) is 42.5 Å². The smallest absolute Gasteiger partial charge is 0.251 e. The Kier molecular flexibility index (Phi) is 4.74. The summed E-state index contributed by atoms with van der Waals surface area (Å²) in [7, 11) is 1.62. The Morgan fingerprint density at radius 1 is 1.20 bits per heavy atom. The molecule has 2 aromatic rings. The number of nitrogens with one attached hydrogen (secondary N) is 1. The Bertz CT molecular complexity index is 816. The highest BCUT2D eigenvalue weighted by Gasteiger charge is 2.23. The summed E-state index contributed by atoms with van der Waals surface area (Å²) in [5, 5.41) is 3.01. The van der Waals surface area contributed by atoms with Crippen LogP contribution in [0.3, 0.4) is 0 Å². The number of amides is 2. The maximum absolute atomic E-state index is 12.6. The molecule has 1 N–H and O–H groups in total. The van der Waals surface area contributed by atoms with E-state index < -0.39 is 0 Å². The molecule has 130 valence electrons. The first-order valence-electron chi connectivity index (χ1n) is 8.36. The maximum Gasteiger partial charge on any atom is 0.251 e. The minimum Gasteiger partial charge on any atom is -0.496 e. The van der Waals surface area contributed by atoms with Gasteiger partial charge in [0.1, 0.15) is 5.75 Å². The molecule has 0 bridgehead atoms. The number of anilines is 1. The van der Waals surface area contributed by atoms with E-state index in [1.165, 1.54) is 0 Å². The summed E-state index contributed by atoms with van der Waals surface area (Å²) in [6.45, 7) is 4.17. The molecular weight excluding hydrogens is 316 g/mol. The van der Waals surface area contributed by atoms with E-state index in [4.69, 9.17) is 4.74 Å². The number of benzene rings is 2. The van der Waals surface area contributed by atoms with E-state index in [2.05, 4.69) is 5.32 Å². The Morgan fingerprint density at radius 2 is 1.96 bits per heavy atom. The summed E-state index contributed by atoms with van der Waals surface area (Å²) >= 11 is 0. The highest BCUT2D eigenvalue weighted by atomic mass is 16.5. The summed E-state index contributed by atoms with van der Waals surface area (Å²) in [5.74, 6) is 0.643. The molecule has 0 fully saturated rings. The van der Waals surface area contributed by atoms with Crippen molar-refractivity contribution in [1.29, 1.82) is 0 Å². The molecular formula is C20H22N2O3. The number of nitrogens with zero attached hydrogens (tertiary/aromatic N) is 1. The summed E-state index contributed by atoms with van der Waals surface area (Å²) in [6, 6.07) is 13.0. The van der Waals surface area contributed by atoms with Crippen molar-refractivity contribution in [3.05, 3.63) is 59.2 Å². The van der Waals surface area contributed by atoms with Crippen molar-refractivity contribution in [2.75, 3.05) is 18.6 Å². The van der Waals surface area contributed by atoms with Crippen LogP contribution in [0.1, 0.15) is 41.4 Å². The van der Waals surface area contributed by atoms with Crippen LogP contribution in [0.2, 0.25) is 0 Å². The lowest BCUT2D eigenvalue weighted by molar-refractivity contribution is -0.116. The zero-order chi connectivity index (χ0) is 18.0. The number of fused-ring (bicyclic) bond motifs is 1. The number of hydrogen-bond acceptors (Lipinski definition) is 3. The van der Waals surface area contributed by atoms with Crippen molar-refractivity contribution >= 4 is 17.5 Å². The molecule has 2 aromatic carbocycles. The van der Waals surface area contributed by atoms with Crippen molar-refractivity contribution in [2.45, 2.75) is 26.3 Å². The molecule has 1 aliphatic rings. The third-order valence-corrected chi connectivity index (χ3v) is 4.57. The van der Waals surface area contributed by atoms with Crippen LogP contribution in [-0.4, -0.2) is 25.5 Å². The van der Waals surface area contributed by atoms with Crippen molar-refractivity contribution in [3.63, 3.8) is 0 Å². The summed E-state index contributed by atoms with van der Waals surface area (Å²) in [4.78, 5) is 26.0. The second kappa shape index (κ2) is 6.97. The van der Waals surface area contributed by atoms with Crippen LogP contribution in [-0.2, 0) is 11.2 Å². The van der Waals surface area contributed by atoms with Gasteiger partial charge in [-0.25, -0.2) is 0 Å². The van der Waals surface area contributed by atoms with Crippen LogP contribution in [0.5, 0.6) is 5.75 Å². The number of rotatable bonds is 4. The molecule has 1 atom stereocenters. The Balaban J connectivity index is 1.77. The zero-order valence-electron chi connectivity index (χ0n) is 14.7. The van der Waals surface area contributed by atoms with Gasteiger partial charge in [-0.2, -0.15) is 0 Å². The number of ether oxygens (including phenoxy) is 1. The molecule has 1 heterocycles. The van der Waals surface area contributed by atoms with Crippen molar-refractivity contribution in [2.24, 2.45) is 0 Å². The number of carbonyl (C=O) groups excluding carboxylic acids is 2. The van der Waals surface area contributed by atoms with E-state index in [1.54, 1.807) is 25.0 Å². The molecule has 0 aromatic heterocycles. The predicted molar refractivity (Wildman–Crippen MR) is 97.0 cm³/mol. The number of carbonyl (C=O) groups is 2. The molecule has 5 nitrogen and oxygen atoms in total. The van der Waals surface area contributed by atoms with Gasteiger partial charge >= 0.3 is 0 Å². The average Bonchev–Trinajstić information content (AvgIpc) is 3.04. The monoisotopic (exact) mass is 338 g/mol. The second-order valence-corrected chi connectivity index (χ2v) is 6.20. The summed E-state index contributed by atoms with van der Waals surface area (Å²) in [5.41, 5.74) is 3.47. The van der Waals surface area contributed by atoms with Gasteiger partial charge in [0.15, 0.2) is 0 Å². The predicted octanol–water partition coefficient (Wildman–Crippen LogP) is 3.10. The normalized spacial score (nSPS) is 14.0. The second-order valence-electron chi connectivity index (χ2n) is 6.20. The minimum atomic E-state index is -0.175. The number of methoxy groups -OCH3 is 1. The molecule has 0 saturated carbocycles. The molecule has 1 unspecified atom stereocenters. The van der Waals surface area contributed by atoms with Gasteiger partial charge < -0.3 is 15.0 Å². The van der Waals surface area contributed by atoms with Gasteiger partial charge in [-0.3, -0.25) is 9.59 Å². The van der Waals surface area contributed by atoms with Crippen molar-refractivity contribution in [1.82, 2.24) is 5.32 Å². The number of para-hydroxylation sites is 1. The molecule has 0 spiro atoms.